The molecule has 0 fully saturated rings. The first-order valence-electron chi connectivity index (χ1n) is 6.92. The van der Waals surface area contributed by atoms with Gasteiger partial charge in [0.15, 0.2) is 0 Å². The van der Waals surface area contributed by atoms with E-state index in [0.29, 0.717) is 12.0 Å². The lowest BCUT2D eigenvalue weighted by molar-refractivity contribution is 0.0368. The summed E-state index contributed by atoms with van der Waals surface area (Å²) < 4.78 is 5.90. The molecule has 0 radical (unpaired) electrons. The van der Waals surface area contributed by atoms with Crippen LogP contribution in [0.4, 0.5) is 0 Å². The predicted octanol–water partition coefficient (Wildman–Crippen LogP) is 5.17. The lowest BCUT2D eigenvalue weighted by atomic mass is 10.1. The van der Waals surface area contributed by atoms with Gasteiger partial charge in [0.2, 0.25) is 0 Å². The van der Waals surface area contributed by atoms with Gasteiger partial charge in [0, 0.05) is 5.33 Å². The molecule has 0 aliphatic carbocycles. The molecule has 0 amide bonds. The third-order valence-electron chi connectivity index (χ3n) is 3.00. The molecule has 0 saturated heterocycles. The van der Waals surface area contributed by atoms with E-state index in [9.17, 15) is 0 Å². The molecule has 1 nitrogen and oxygen atoms in total. The Morgan fingerprint density at radius 1 is 1.00 bits per heavy atom. The normalized spacial score (nSPS) is 15.0. The SMILES string of the molecule is CCCCCCC(C)OCC(CBr)CCC. The minimum absolute atomic E-state index is 0.440. The van der Waals surface area contributed by atoms with E-state index in [4.69, 9.17) is 4.74 Å². The van der Waals surface area contributed by atoms with Crippen LogP contribution in [0.15, 0.2) is 0 Å². The highest BCUT2D eigenvalue weighted by molar-refractivity contribution is 9.09. The smallest absolute Gasteiger partial charge is 0.0547 e. The molecule has 0 aromatic heterocycles. The van der Waals surface area contributed by atoms with Crippen molar-refractivity contribution in [1.82, 2.24) is 0 Å². The number of rotatable bonds is 11. The highest BCUT2D eigenvalue weighted by Crippen LogP contribution is 2.13. The fraction of sp³-hybridized carbons (Fsp3) is 1.00. The molecule has 98 valence electrons. The Morgan fingerprint density at radius 3 is 2.31 bits per heavy atom. The zero-order valence-electron chi connectivity index (χ0n) is 11.3. The minimum Gasteiger partial charge on any atom is -0.378 e. The zero-order valence-corrected chi connectivity index (χ0v) is 12.9. The molecule has 0 aliphatic rings. The number of unbranched alkanes of at least 4 members (excludes halogenated alkanes) is 3. The first-order chi connectivity index (χ1) is 7.74. The van der Waals surface area contributed by atoms with E-state index >= 15 is 0 Å². The monoisotopic (exact) mass is 292 g/mol. The maximum absolute atomic E-state index is 5.90. The molecule has 2 heteroatoms. The molecule has 0 aliphatic heterocycles. The Balaban J connectivity index is 3.43. The van der Waals surface area contributed by atoms with E-state index < -0.39 is 0 Å². The van der Waals surface area contributed by atoms with Crippen LogP contribution in [0.2, 0.25) is 0 Å². The van der Waals surface area contributed by atoms with Crippen molar-refractivity contribution >= 4 is 15.9 Å². The van der Waals surface area contributed by atoms with Crippen LogP contribution in [0.3, 0.4) is 0 Å². The Morgan fingerprint density at radius 2 is 1.75 bits per heavy atom. The lowest BCUT2D eigenvalue weighted by Crippen LogP contribution is -2.17. The van der Waals surface area contributed by atoms with Crippen molar-refractivity contribution in [2.75, 3.05) is 11.9 Å². The quantitative estimate of drug-likeness (QED) is 0.377. The van der Waals surface area contributed by atoms with E-state index in [1.807, 2.05) is 0 Å². The van der Waals surface area contributed by atoms with Crippen molar-refractivity contribution in [2.24, 2.45) is 5.92 Å². The molecule has 16 heavy (non-hydrogen) atoms. The summed E-state index contributed by atoms with van der Waals surface area (Å²) in [7, 11) is 0. The molecule has 2 atom stereocenters. The molecule has 0 bridgehead atoms. The van der Waals surface area contributed by atoms with Gasteiger partial charge in [0.05, 0.1) is 12.7 Å². The fourth-order valence-corrected chi connectivity index (χ4v) is 2.37. The Labute approximate surface area is 110 Å². The van der Waals surface area contributed by atoms with Gasteiger partial charge in [0.25, 0.3) is 0 Å². The van der Waals surface area contributed by atoms with Gasteiger partial charge >= 0.3 is 0 Å². The first-order valence-corrected chi connectivity index (χ1v) is 8.04. The lowest BCUT2D eigenvalue weighted by Gasteiger charge is -2.18. The van der Waals surface area contributed by atoms with Crippen molar-refractivity contribution in [3.8, 4) is 0 Å². The van der Waals surface area contributed by atoms with Crippen LogP contribution in [-0.4, -0.2) is 18.0 Å². The predicted molar refractivity (Wildman–Crippen MR) is 76.4 cm³/mol. The Hall–Kier alpha value is 0.440. The number of halogens is 1. The van der Waals surface area contributed by atoms with Crippen molar-refractivity contribution in [1.29, 1.82) is 0 Å². The molecular formula is C14H29BrO. The van der Waals surface area contributed by atoms with E-state index in [-0.39, 0.29) is 0 Å². The number of alkyl halides is 1. The zero-order chi connectivity index (χ0) is 12.2. The van der Waals surface area contributed by atoms with Gasteiger partial charge in [-0.15, -0.1) is 0 Å². The van der Waals surface area contributed by atoms with Crippen molar-refractivity contribution in [3.63, 3.8) is 0 Å². The summed E-state index contributed by atoms with van der Waals surface area (Å²) in [6, 6.07) is 0. The third kappa shape index (κ3) is 9.65. The average Bonchev–Trinajstić information content (AvgIpc) is 2.30. The van der Waals surface area contributed by atoms with Gasteiger partial charge in [-0.05, 0) is 25.7 Å². The van der Waals surface area contributed by atoms with Crippen molar-refractivity contribution < 1.29 is 4.74 Å². The maximum Gasteiger partial charge on any atom is 0.0547 e. The van der Waals surface area contributed by atoms with Crippen LogP contribution < -0.4 is 0 Å². The molecule has 0 spiro atoms. The van der Waals surface area contributed by atoms with E-state index in [1.54, 1.807) is 0 Å². The standard InChI is InChI=1S/C14H29BrO/c1-4-6-7-8-10-13(3)16-12-14(11-15)9-5-2/h13-14H,4-12H2,1-3H3. The molecule has 0 saturated carbocycles. The maximum atomic E-state index is 5.90. The van der Waals surface area contributed by atoms with Crippen molar-refractivity contribution in [2.45, 2.75) is 71.8 Å². The van der Waals surface area contributed by atoms with Crippen LogP contribution >= 0.6 is 15.9 Å². The van der Waals surface area contributed by atoms with Gasteiger partial charge in [-0.3, -0.25) is 0 Å². The summed E-state index contributed by atoms with van der Waals surface area (Å²) in [4.78, 5) is 0. The average molecular weight is 293 g/mol. The van der Waals surface area contributed by atoms with Gasteiger partial charge in [-0.2, -0.15) is 0 Å². The van der Waals surface area contributed by atoms with Crippen LogP contribution in [-0.2, 0) is 4.74 Å². The van der Waals surface area contributed by atoms with Crippen LogP contribution in [0.1, 0.15) is 65.7 Å². The summed E-state index contributed by atoms with van der Waals surface area (Å²) in [5.74, 6) is 0.697. The molecule has 0 aromatic rings. The van der Waals surface area contributed by atoms with Crippen LogP contribution in [0.25, 0.3) is 0 Å². The molecular weight excluding hydrogens is 264 g/mol. The van der Waals surface area contributed by atoms with E-state index in [0.717, 1.165) is 11.9 Å². The second-order valence-electron chi connectivity index (χ2n) is 4.80. The highest BCUT2D eigenvalue weighted by atomic mass is 79.9. The third-order valence-corrected chi connectivity index (χ3v) is 3.91. The number of hydrogen-bond donors (Lipinski definition) is 0. The Bertz CT molecular complexity index is 139. The Kier molecular flexibility index (Phi) is 12.2. The van der Waals surface area contributed by atoms with Gasteiger partial charge in [-0.1, -0.05) is 61.9 Å². The van der Waals surface area contributed by atoms with Gasteiger partial charge in [-0.25, -0.2) is 0 Å². The van der Waals surface area contributed by atoms with Gasteiger partial charge < -0.3 is 4.74 Å². The van der Waals surface area contributed by atoms with Gasteiger partial charge in [0.1, 0.15) is 0 Å². The van der Waals surface area contributed by atoms with Crippen molar-refractivity contribution in [3.05, 3.63) is 0 Å². The largest absolute Gasteiger partial charge is 0.378 e. The summed E-state index contributed by atoms with van der Waals surface area (Å²) >= 11 is 3.56. The molecule has 0 aromatic carbocycles. The molecule has 0 N–H and O–H groups in total. The summed E-state index contributed by atoms with van der Waals surface area (Å²) in [5.41, 5.74) is 0. The van der Waals surface area contributed by atoms with Crippen LogP contribution in [0, 0.1) is 5.92 Å². The summed E-state index contributed by atoms with van der Waals surface area (Å²) in [5, 5.41) is 1.07. The summed E-state index contributed by atoms with van der Waals surface area (Å²) in [6.45, 7) is 7.63. The van der Waals surface area contributed by atoms with Crippen LogP contribution in [0.5, 0.6) is 0 Å². The number of hydrogen-bond acceptors (Lipinski definition) is 1. The second-order valence-corrected chi connectivity index (χ2v) is 5.45. The topological polar surface area (TPSA) is 9.23 Å². The summed E-state index contributed by atoms with van der Waals surface area (Å²) in [6.07, 6.45) is 9.56. The second kappa shape index (κ2) is 11.9. The van der Waals surface area contributed by atoms with E-state index in [1.165, 1.54) is 44.9 Å². The van der Waals surface area contributed by atoms with E-state index in [2.05, 4.69) is 36.7 Å². The highest BCUT2D eigenvalue weighted by Gasteiger charge is 2.09. The molecule has 0 rings (SSSR count). The number of ether oxygens (including phenoxy) is 1. The molecule has 0 heterocycles. The minimum atomic E-state index is 0.440. The molecule has 2 unspecified atom stereocenters. The fourth-order valence-electron chi connectivity index (χ4n) is 1.86. The first kappa shape index (κ1) is 16.4.